The summed E-state index contributed by atoms with van der Waals surface area (Å²) in [4.78, 5) is 0. The number of aliphatic hydroxyl groups is 1. The lowest BCUT2D eigenvalue weighted by Crippen LogP contribution is -2.36. The molecule has 5 nitrogen and oxygen atoms in total. The largest absolute Gasteiger partial charge is 0.493 e. The normalized spacial score (nSPS) is 13.6. The lowest BCUT2D eigenvalue weighted by atomic mass is 10.1. The van der Waals surface area contributed by atoms with Crippen LogP contribution in [0.2, 0.25) is 0 Å². The van der Waals surface area contributed by atoms with E-state index in [1.165, 1.54) is 18.2 Å². The molecule has 1 atom stereocenters. The third-order valence-electron chi connectivity index (χ3n) is 5.33. The molecule has 0 aliphatic carbocycles. The number of halogens is 4. The van der Waals surface area contributed by atoms with Crippen molar-refractivity contribution in [2.75, 3.05) is 13.2 Å². The zero-order valence-corrected chi connectivity index (χ0v) is 19.6. The van der Waals surface area contributed by atoms with Crippen LogP contribution in [0.15, 0.2) is 42.5 Å². The van der Waals surface area contributed by atoms with E-state index in [0.29, 0.717) is 23.4 Å². The molecule has 0 spiro atoms. The predicted molar refractivity (Wildman–Crippen MR) is 123 cm³/mol. The molecule has 3 N–H and O–H groups in total. The first-order chi connectivity index (χ1) is 16.1. The van der Waals surface area contributed by atoms with Gasteiger partial charge in [-0.3, -0.25) is 0 Å². The second-order valence-corrected chi connectivity index (χ2v) is 9.28. The standard InChI is InChI=1S/C24H27F4N3O2S/c1-23(29,15-32)22-31-30-21(34-22)17-11-12-20(18(14-17)24(26,27)28)33-13-7-3-2-4-8-16-9-5-6-10-19(16)25/h5-6,9-12,14,32H,2-4,7-8,13,15,29H2,1H3/t23-/m0/s1. The van der Waals surface area contributed by atoms with E-state index in [-0.39, 0.29) is 35.4 Å². The van der Waals surface area contributed by atoms with Crippen LogP contribution in [0.5, 0.6) is 5.75 Å². The van der Waals surface area contributed by atoms with Gasteiger partial charge in [-0.2, -0.15) is 13.2 Å². The molecule has 2 aromatic carbocycles. The summed E-state index contributed by atoms with van der Waals surface area (Å²) >= 11 is 1.03. The van der Waals surface area contributed by atoms with E-state index in [0.717, 1.165) is 36.7 Å². The molecule has 0 unspecified atom stereocenters. The topological polar surface area (TPSA) is 81.3 Å². The Labute approximate surface area is 199 Å². The molecule has 0 radical (unpaired) electrons. The quantitative estimate of drug-likeness (QED) is 0.262. The molecule has 0 fully saturated rings. The van der Waals surface area contributed by atoms with Gasteiger partial charge in [-0.05, 0) is 56.0 Å². The van der Waals surface area contributed by atoms with Gasteiger partial charge in [0.2, 0.25) is 0 Å². The number of benzene rings is 2. The zero-order chi connectivity index (χ0) is 24.8. The third kappa shape index (κ3) is 6.74. The number of ether oxygens (including phenoxy) is 1. The third-order valence-corrected chi connectivity index (χ3v) is 6.58. The summed E-state index contributed by atoms with van der Waals surface area (Å²) in [7, 11) is 0. The van der Waals surface area contributed by atoms with Gasteiger partial charge in [0.05, 0.1) is 24.3 Å². The van der Waals surface area contributed by atoms with Crippen molar-refractivity contribution in [2.45, 2.75) is 50.7 Å². The molecule has 0 aliphatic rings. The van der Waals surface area contributed by atoms with Crippen molar-refractivity contribution < 1.29 is 27.4 Å². The monoisotopic (exact) mass is 497 g/mol. The molecule has 3 aromatic rings. The van der Waals surface area contributed by atoms with Crippen LogP contribution in [0.25, 0.3) is 10.6 Å². The van der Waals surface area contributed by atoms with Crippen molar-refractivity contribution in [1.29, 1.82) is 0 Å². The van der Waals surface area contributed by atoms with E-state index in [4.69, 9.17) is 10.5 Å². The van der Waals surface area contributed by atoms with Crippen LogP contribution >= 0.6 is 11.3 Å². The maximum absolute atomic E-state index is 13.7. The number of hydrogen-bond acceptors (Lipinski definition) is 6. The number of unbranched alkanes of at least 4 members (excludes halogenated alkanes) is 3. The van der Waals surface area contributed by atoms with Crippen molar-refractivity contribution in [3.05, 3.63) is 64.4 Å². The molecule has 184 valence electrons. The predicted octanol–water partition coefficient (Wildman–Crippen LogP) is 5.71. The van der Waals surface area contributed by atoms with Gasteiger partial charge in [-0.25, -0.2) is 4.39 Å². The van der Waals surface area contributed by atoms with Gasteiger partial charge >= 0.3 is 6.18 Å². The van der Waals surface area contributed by atoms with Gasteiger partial charge in [0, 0.05) is 5.56 Å². The van der Waals surface area contributed by atoms with Crippen molar-refractivity contribution >= 4 is 11.3 Å². The van der Waals surface area contributed by atoms with Gasteiger partial charge < -0.3 is 15.6 Å². The van der Waals surface area contributed by atoms with Gasteiger partial charge in [0.25, 0.3) is 0 Å². The number of rotatable bonds is 11. The summed E-state index contributed by atoms with van der Waals surface area (Å²) in [5.74, 6) is -0.462. The highest BCUT2D eigenvalue weighted by Gasteiger charge is 2.35. The fraction of sp³-hybridized carbons (Fsp3) is 0.417. The highest BCUT2D eigenvalue weighted by molar-refractivity contribution is 7.14. The Hall–Kier alpha value is -2.56. The maximum Gasteiger partial charge on any atom is 0.419 e. The summed E-state index contributed by atoms with van der Waals surface area (Å²) in [5, 5.41) is 17.8. The number of nitrogens with zero attached hydrogens (tertiary/aromatic N) is 2. The molecular weight excluding hydrogens is 470 g/mol. The average Bonchev–Trinajstić information content (AvgIpc) is 3.30. The lowest BCUT2D eigenvalue weighted by Gasteiger charge is -2.17. The Kier molecular flexibility index (Phi) is 8.62. The van der Waals surface area contributed by atoms with Gasteiger partial charge in [-0.15, -0.1) is 10.2 Å². The van der Waals surface area contributed by atoms with Crippen molar-refractivity contribution in [3.63, 3.8) is 0 Å². The summed E-state index contributed by atoms with van der Waals surface area (Å²) < 4.78 is 60.1. The highest BCUT2D eigenvalue weighted by Crippen LogP contribution is 2.40. The number of nitrogens with two attached hydrogens (primary N) is 1. The van der Waals surface area contributed by atoms with E-state index in [1.807, 2.05) is 0 Å². The Morgan fingerprint density at radius 1 is 1.03 bits per heavy atom. The molecular formula is C24H27F4N3O2S. The van der Waals surface area contributed by atoms with Crippen molar-refractivity contribution in [1.82, 2.24) is 10.2 Å². The molecule has 34 heavy (non-hydrogen) atoms. The minimum absolute atomic E-state index is 0.146. The van der Waals surface area contributed by atoms with E-state index >= 15 is 0 Å². The first kappa shape index (κ1) is 26.1. The maximum atomic E-state index is 13.7. The van der Waals surface area contributed by atoms with Crippen LogP contribution < -0.4 is 10.5 Å². The zero-order valence-electron chi connectivity index (χ0n) is 18.7. The fourth-order valence-electron chi connectivity index (χ4n) is 3.30. The van der Waals surface area contributed by atoms with Crippen LogP contribution in [0.4, 0.5) is 17.6 Å². The number of alkyl halides is 3. The van der Waals surface area contributed by atoms with Gasteiger partial charge in [-0.1, -0.05) is 42.4 Å². The van der Waals surface area contributed by atoms with E-state index in [9.17, 15) is 22.7 Å². The summed E-state index contributed by atoms with van der Waals surface area (Å²) in [6.45, 7) is 1.34. The molecule has 0 saturated carbocycles. The fourth-order valence-corrected chi connectivity index (χ4v) is 4.19. The second kappa shape index (κ2) is 11.2. The van der Waals surface area contributed by atoms with E-state index in [1.54, 1.807) is 25.1 Å². The van der Waals surface area contributed by atoms with Gasteiger partial charge in [0.1, 0.15) is 21.6 Å². The molecule has 0 aliphatic heterocycles. The SMILES string of the molecule is C[C@](N)(CO)c1nnc(-c2ccc(OCCCCCCc3ccccc3F)c(C(F)(F)F)c2)s1. The van der Waals surface area contributed by atoms with Crippen molar-refractivity contribution in [3.8, 4) is 16.3 Å². The minimum atomic E-state index is -4.61. The molecule has 0 saturated heterocycles. The molecule has 10 heteroatoms. The van der Waals surface area contributed by atoms with Crippen LogP contribution in [-0.2, 0) is 18.1 Å². The smallest absolute Gasteiger partial charge is 0.419 e. The van der Waals surface area contributed by atoms with Crippen LogP contribution in [0.3, 0.4) is 0 Å². The van der Waals surface area contributed by atoms with E-state index < -0.39 is 17.3 Å². The summed E-state index contributed by atoms with van der Waals surface area (Å²) in [6.07, 6.45) is -0.994. The average molecular weight is 498 g/mol. The summed E-state index contributed by atoms with van der Waals surface area (Å²) in [6, 6.07) is 10.4. The molecule has 1 aromatic heterocycles. The van der Waals surface area contributed by atoms with Gasteiger partial charge in [0.15, 0.2) is 0 Å². The number of aryl methyl sites for hydroxylation is 1. The minimum Gasteiger partial charge on any atom is -0.493 e. The Morgan fingerprint density at radius 3 is 2.47 bits per heavy atom. The van der Waals surface area contributed by atoms with Crippen molar-refractivity contribution in [2.24, 2.45) is 5.73 Å². The number of hydrogen-bond donors (Lipinski definition) is 2. The van der Waals surface area contributed by atoms with Crippen LogP contribution in [0.1, 0.15) is 48.7 Å². The Morgan fingerprint density at radius 2 is 1.76 bits per heavy atom. The molecule has 3 rings (SSSR count). The van der Waals surface area contributed by atoms with E-state index in [2.05, 4.69) is 10.2 Å². The number of aromatic nitrogens is 2. The van der Waals surface area contributed by atoms with Crippen LogP contribution in [-0.4, -0.2) is 28.5 Å². The summed E-state index contributed by atoms with van der Waals surface area (Å²) in [5.41, 5.74) is 4.83. The first-order valence-electron chi connectivity index (χ1n) is 10.9. The lowest BCUT2D eigenvalue weighted by molar-refractivity contribution is -0.138. The number of aliphatic hydroxyl groups excluding tert-OH is 1. The Balaban J connectivity index is 1.57. The molecule has 0 amide bonds. The second-order valence-electron chi connectivity index (χ2n) is 8.30. The van der Waals surface area contributed by atoms with Crippen LogP contribution in [0, 0.1) is 5.82 Å². The molecule has 1 heterocycles. The Bertz CT molecular complexity index is 1090. The highest BCUT2D eigenvalue weighted by atomic mass is 32.1. The molecule has 0 bridgehead atoms. The first-order valence-corrected chi connectivity index (χ1v) is 11.7.